The molecule has 0 saturated carbocycles. The molecule has 84 valence electrons. The quantitative estimate of drug-likeness (QED) is 0.677. The van der Waals surface area contributed by atoms with E-state index in [2.05, 4.69) is 20.4 Å². The molecule has 3 nitrogen and oxygen atoms in total. The Morgan fingerprint density at radius 1 is 1.53 bits per heavy atom. The summed E-state index contributed by atoms with van der Waals surface area (Å²) in [5.74, 6) is -0.519. The lowest BCUT2D eigenvalue weighted by Crippen LogP contribution is -2.35. The summed E-state index contributed by atoms with van der Waals surface area (Å²) >= 11 is 0. The highest BCUT2D eigenvalue weighted by molar-refractivity contribution is 5.95. The topological polar surface area (TPSA) is 63.3 Å². The molecule has 0 spiro atoms. The number of nitrogens with two attached hydrogens (primary N) is 1. The predicted molar refractivity (Wildman–Crippen MR) is 60.1 cm³/mol. The standard InChI is InChI=1S/C12H19NO2/c1-8(10(13)14)9-5-11(2,3)7-12(4,15)6-9/h6,15H,1,5,7H2,2-4H3,(H2,13,14). The Morgan fingerprint density at radius 2 is 2.07 bits per heavy atom. The fourth-order valence-corrected chi connectivity index (χ4v) is 2.38. The van der Waals surface area contributed by atoms with Gasteiger partial charge in [0.15, 0.2) is 0 Å². The fourth-order valence-electron chi connectivity index (χ4n) is 2.38. The molecule has 0 aliphatic heterocycles. The Kier molecular flexibility index (Phi) is 2.79. The van der Waals surface area contributed by atoms with Crippen molar-refractivity contribution in [1.82, 2.24) is 0 Å². The normalized spacial score (nSPS) is 29.5. The summed E-state index contributed by atoms with van der Waals surface area (Å²) in [7, 11) is 0. The molecule has 0 aromatic rings. The van der Waals surface area contributed by atoms with E-state index in [1.807, 2.05) is 0 Å². The van der Waals surface area contributed by atoms with Crippen molar-refractivity contribution in [3.05, 3.63) is 23.8 Å². The van der Waals surface area contributed by atoms with Crippen LogP contribution in [-0.4, -0.2) is 16.6 Å². The Labute approximate surface area is 90.7 Å². The Morgan fingerprint density at radius 3 is 2.47 bits per heavy atom. The lowest BCUT2D eigenvalue weighted by atomic mass is 9.70. The van der Waals surface area contributed by atoms with E-state index in [-0.39, 0.29) is 5.41 Å². The Hall–Kier alpha value is -1.09. The zero-order chi connectivity index (χ0) is 11.9. The maximum atomic E-state index is 11.0. The third kappa shape index (κ3) is 2.93. The van der Waals surface area contributed by atoms with Crippen LogP contribution in [0, 0.1) is 5.41 Å². The van der Waals surface area contributed by atoms with Crippen LogP contribution in [0.15, 0.2) is 23.8 Å². The maximum Gasteiger partial charge on any atom is 0.248 e. The van der Waals surface area contributed by atoms with Gasteiger partial charge >= 0.3 is 0 Å². The van der Waals surface area contributed by atoms with Crippen molar-refractivity contribution in [2.45, 2.75) is 39.2 Å². The largest absolute Gasteiger partial charge is 0.386 e. The van der Waals surface area contributed by atoms with Gasteiger partial charge in [-0.2, -0.15) is 0 Å². The third-order valence-electron chi connectivity index (χ3n) is 2.68. The number of primary amides is 1. The van der Waals surface area contributed by atoms with Crippen LogP contribution in [0.1, 0.15) is 33.6 Å². The number of hydrogen-bond donors (Lipinski definition) is 2. The number of carbonyl (C=O) groups excluding carboxylic acids is 1. The second-order valence-corrected chi connectivity index (χ2v) is 5.39. The SMILES string of the molecule is C=C(C(N)=O)C1=CC(C)(O)CC(C)(C)C1. The second kappa shape index (κ2) is 3.49. The van der Waals surface area contributed by atoms with E-state index in [4.69, 9.17) is 5.73 Å². The van der Waals surface area contributed by atoms with Crippen molar-refractivity contribution in [2.75, 3.05) is 0 Å². The molecule has 0 radical (unpaired) electrons. The lowest BCUT2D eigenvalue weighted by molar-refractivity contribution is -0.114. The van der Waals surface area contributed by atoms with Crippen LogP contribution in [0.2, 0.25) is 0 Å². The first-order valence-corrected chi connectivity index (χ1v) is 5.06. The highest BCUT2D eigenvalue weighted by atomic mass is 16.3. The molecule has 0 saturated heterocycles. The zero-order valence-electron chi connectivity index (χ0n) is 9.63. The van der Waals surface area contributed by atoms with Gasteiger partial charge in [-0.3, -0.25) is 4.79 Å². The second-order valence-electron chi connectivity index (χ2n) is 5.39. The average Bonchev–Trinajstić information content (AvgIpc) is 1.96. The molecule has 1 unspecified atom stereocenters. The minimum Gasteiger partial charge on any atom is -0.386 e. The smallest absolute Gasteiger partial charge is 0.248 e. The summed E-state index contributed by atoms with van der Waals surface area (Å²) in [5, 5.41) is 10.0. The molecular formula is C12H19NO2. The number of hydrogen-bond acceptors (Lipinski definition) is 2. The van der Waals surface area contributed by atoms with E-state index in [1.54, 1.807) is 13.0 Å². The van der Waals surface area contributed by atoms with E-state index >= 15 is 0 Å². The summed E-state index contributed by atoms with van der Waals surface area (Å²) in [4.78, 5) is 11.0. The van der Waals surface area contributed by atoms with Crippen molar-refractivity contribution >= 4 is 5.91 Å². The maximum absolute atomic E-state index is 11.0. The summed E-state index contributed by atoms with van der Waals surface area (Å²) < 4.78 is 0. The molecule has 0 aromatic heterocycles. The van der Waals surface area contributed by atoms with Crippen LogP contribution in [0.25, 0.3) is 0 Å². The molecule has 1 amide bonds. The number of aliphatic hydroxyl groups is 1. The Balaban J connectivity index is 3.04. The number of rotatable bonds is 2. The van der Waals surface area contributed by atoms with Gasteiger partial charge in [0.1, 0.15) is 0 Å². The first-order chi connectivity index (χ1) is 6.63. The highest BCUT2D eigenvalue weighted by Crippen LogP contribution is 2.41. The van der Waals surface area contributed by atoms with E-state index in [9.17, 15) is 9.90 Å². The van der Waals surface area contributed by atoms with E-state index in [1.165, 1.54) is 0 Å². The molecule has 0 heterocycles. The van der Waals surface area contributed by atoms with Crippen molar-refractivity contribution in [2.24, 2.45) is 11.1 Å². The first kappa shape index (κ1) is 12.0. The van der Waals surface area contributed by atoms with Gasteiger partial charge in [-0.05, 0) is 36.8 Å². The minimum atomic E-state index is -0.879. The minimum absolute atomic E-state index is 0.0357. The summed E-state index contributed by atoms with van der Waals surface area (Å²) in [6.45, 7) is 9.51. The molecule has 15 heavy (non-hydrogen) atoms. The van der Waals surface area contributed by atoms with Crippen molar-refractivity contribution in [1.29, 1.82) is 0 Å². The van der Waals surface area contributed by atoms with Gasteiger partial charge in [0.25, 0.3) is 0 Å². The summed E-state index contributed by atoms with van der Waals surface area (Å²) in [6, 6.07) is 0. The molecule has 1 aliphatic carbocycles. The number of carbonyl (C=O) groups is 1. The van der Waals surface area contributed by atoms with Crippen LogP contribution < -0.4 is 5.73 Å². The zero-order valence-corrected chi connectivity index (χ0v) is 9.63. The van der Waals surface area contributed by atoms with E-state index in [0.717, 1.165) is 12.0 Å². The van der Waals surface area contributed by atoms with Crippen molar-refractivity contribution in [3.8, 4) is 0 Å². The van der Waals surface area contributed by atoms with Gasteiger partial charge in [-0.1, -0.05) is 20.4 Å². The number of amides is 1. The monoisotopic (exact) mass is 209 g/mol. The van der Waals surface area contributed by atoms with Crippen LogP contribution in [-0.2, 0) is 4.79 Å². The van der Waals surface area contributed by atoms with Gasteiger partial charge < -0.3 is 10.8 Å². The molecule has 0 aromatic carbocycles. The average molecular weight is 209 g/mol. The predicted octanol–water partition coefficient (Wildman–Crippen LogP) is 1.53. The highest BCUT2D eigenvalue weighted by Gasteiger charge is 2.35. The molecule has 0 bridgehead atoms. The van der Waals surface area contributed by atoms with Crippen LogP contribution >= 0.6 is 0 Å². The van der Waals surface area contributed by atoms with Gasteiger partial charge in [0, 0.05) is 5.57 Å². The van der Waals surface area contributed by atoms with Gasteiger partial charge in [-0.15, -0.1) is 0 Å². The molecule has 1 atom stereocenters. The van der Waals surface area contributed by atoms with Gasteiger partial charge in [0.2, 0.25) is 5.91 Å². The van der Waals surface area contributed by atoms with Gasteiger partial charge in [0.05, 0.1) is 5.60 Å². The third-order valence-corrected chi connectivity index (χ3v) is 2.68. The Bertz CT molecular complexity index is 338. The van der Waals surface area contributed by atoms with Crippen LogP contribution in [0.4, 0.5) is 0 Å². The lowest BCUT2D eigenvalue weighted by Gasteiger charge is -2.38. The molecular weight excluding hydrogens is 190 g/mol. The van der Waals surface area contributed by atoms with E-state index in [0.29, 0.717) is 12.0 Å². The van der Waals surface area contributed by atoms with Crippen LogP contribution in [0.5, 0.6) is 0 Å². The van der Waals surface area contributed by atoms with Crippen LogP contribution in [0.3, 0.4) is 0 Å². The van der Waals surface area contributed by atoms with Crippen molar-refractivity contribution in [3.63, 3.8) is 0 Å². The molecule has 0 fully saturated rings. The first-order valence-electron chi connectivity index (χ1n) is 5.06. The fraction of sp³-hybridized carbons (Fsp3) is 0.583. The molecule has 1 aliphatic rings. The van der Waals surface area contributed by atoms with Crippen molar-refractivity contribution < 1.29 is 9.90 Å². The van der Waals surface area contributed by atoms with Gasteiger partial charge in [-0.25, -0.2) is 0 Å². The summed E-state index contributed by atoms with van der Waals surface area (Å²) in [5.41, 5.74) is 5.34. The molecule has 1 rings (SSSR count). The molecule has 3 heteroatoms. The molecule has 3 N–H and O–H groups in total. The summed E-state index contributed by atoms with van der Waals surface area (Å²) in [6.07, 6.45) is 3.10. The van der Waals surface area contributed by atoms with E-state index < -0.39 is 11.5 Å².